The zero-order chi connectivity index (χ0) is 14.9. The Kier molecular flexibility index (Phi) is 4.00. The van der Waals surface area contributed by atoms with Crippen molar-refractivity contribution >= 4 is 11.0 Å². The number of hydrogen-bond donors (Lipinski definition) is 2. The smallest absolute Gasteiger partial charge is 0.123 e. The fraction of sp³-hybridized carbons (Fsp3) is 0.588. The van der Waals surface area contributed by atoms with Gasteiger partial charge in [0.05, 0.1) is 24.2 Å². The maximum absolute atomic E-state index is 9.86. The number of fused-ring (bicyclic) bond motifs is 1. The average Bonchev–Trinajstić information content (AvgIpc) is 2.82. The van der Waals surface area contributed by atoms with Gasteiger partial charge >= 0.3 is 0 Å². The van der Waals surface area contributed by atoms with Gasteiger partial charge in [0.2, 0.25) is 0 Å². The van der Waals surface area contributed by atoms with Crippen LogP contribution in [0.4, 0.5) is 0 Å². The second-order valence-corrected chi connectivity index (χ2v) is 6.57. The normalized spacial score (nSPS) is 26.3. The molecule has 2 N–H and O–H groups in total. The van der Waals surface area contributed by atoms with E-state index in [9.17, 15) is 5.11 Å². The molecule has 0 amide bonds. The maximum Gasteiger partial charge on any atom is 0.123 e. The number of rotatable bonds is 4. The van der Waals surface area contributed by atoms with Gasteiger partial charge in [-0.05, 0) is 30.9 Å². The van der Waals surface area contributed by atoms with Gasteiger partial charge in [-0.1, -0.05) is 31.9 Å². The highest BCUT2D eigenvalue weighted by molar-refractivity contribution is 5.75. The van der Waals surface area contributed by atoms with Crippen molar-refractivity contribution in [3.63, 3.8) is 0 Å². The molecule has 2 unspecified atom stereocenters. The Bertz CT molecular complexity index is 622. The van der Waals surface area contributed by atoms with Gasteiger partial charge in [-0.15, -0.1) is 0 Å². The van der Waals surface area contributed by atoms with Crippen LogP contribution in [0.5, 0.6) is 0 Å². The Labute approximate surface area is 126 Å². The minimum absolute atomic E-state index is 0.129. The molecule has 0 radical (unpaired) electrons. The highest BCUT2D eigenvalue weighted by Gasteiger charge is 2.34. The van der Waals surface area contributed by atoms with Gasteiger partial charge in [0.15, 0.2) is 0 Å². The number of imidazole rings is 1. The lowest BCUT2D eigenvalue weighted by Crippen LogP contribution is -2.51. The molecule has 2 atom stereocenters. The summed E-state index contributed by atoms with van der Waals surface area (Å²) < 4.78 is 2.14. The fourth-order valence-electron chi connectivity index (χ4n) is 3.64. The predicted octanol–water partition coefficient (Wildman–Crippen LogP) is 2.60. The van der Waals surface area contributed by atoms with Crippen molar-refractivity contribution in [1.82, 2.24) is 14.9 Å². The first-order chi connectivity index (χ1) is 10.1. The molecule has 21 heavy (non-hydrogen) atoms. The Morgan fingerprint density at radius 1 is 1.43 bits per heavy atom. The highest BCUT2D eigenvalue weighted by atomic mass is 16.3. The Hall–Kier alpha value is -1.39. The van der Waals surface area contributed by atoms with E-state index in [1.807, 2.05) is 18.2 Å². The van der Waals surface area contributed by atoms with Gasteiger partial charge in [-0.2, -0.15) is 0 Å². The van der Waals surface area contributed by atoms with E-state index in [1.54, 1.807) is 0 Å². The van der Waals surface area contributed by atoms with Gasteiger partial charge in [0.1, 0.15) is 5.82 Å². The molecule has 3 rings (SSSR count). The standard InChI is InChI=1S/C17H25N3O/c1-13-6-5-9-17(10-13,12-21)18-11-16-19-14-7-3-4-8-15(14)20(16)2/h3-4,7-8,13,18,21H,5-6,9-12H2,1-2H3. The summed E-state index contributed by atoms with van der Waals surface area (Å²) >= 11 is 0. The molecule has 2 aromatic rings. The number of nitrogens with zero attached hydrogens (tertiary/aromatic N) is 2. The number of aromatic nitrogens is 2. The average molecular weight is 287 g/mol. The van der Waals surface area contributed by atoms with Crippen molar-refractivity contribution < 1.29 is 5.11 Å². The molecule has 0 bridgehead atoms. The first-order valence-corrected chi connectivity index (χ1v) is 7.90. The molecule has 1 fully saturated rings. The summed E-state index contributed by atoms with van der Waals surface area (Å²) in [7, 11) is 2.06. The zero-order valence-corrected chi connectivity index (χ0v) is 13.0. The van der Waals surface area contributed by atoms with E-state index in [1.165, 1.54) is 12.8 Å². The number of hydrogen-bond acceptors (Lipinski definition) is 3. The van der Waals surface area contributed by atoms with Crippen molar-refractivity contribution in [3.8, 4) is 0 Å². The molecule has 1 heterocycles. The van der Waals surface area contributed by atoms with E-state index in [2.05, 4.69) is 29.9 Å². The van der Waals surface area contributed by atoms with Crippen LogP contribution in [0.15, 0.2) is 24.3 Å². The minimum Gasteiger partial charge on any atom is -0.394 e. The predicted molar refractivity (Wildman–Crippen MR) is 85.0 cm³/mol. The second kappa shape index (κ2) is 5.78. The Morgan fingerprint density at radius 3 is 2.95 bits per heavy atom. The van der Waals surface area contributed by atoms with Crippen LogP contribution < -0.4 is 5.32 Å². The van der Waals surface area contributed by atoms with Crippen LogP contribution in [-0.4, -0.2) is 26.8 Å². The molecule has 1 aliphatic rings. The van der Waals surface area contributed by atoms with Crippen molar-refractivity contribution in [1.29, 1.82) is 0 Å². The van der Waals surface area contributed by atoms with Gasteiger partial charge < -0.3 is 15.0 Å². The number of para-hydroxylation sites is 2. The third-order valence-electron chi connectivity index (χ3n) is 4.90. The molecule has 4 heteroatoms. The van der Waals surface area contributed by atoms with Crippen LogP contribution in [0.3, 0.4) is 0 Å². The summed E-state index contributed by atoms with van der Waals surface area (Å²) in [5.74, 6) is 1.71. The zero-order valence-electron chi connectivity index (χ0n) is 13.0. The molecule has 1 aromatic heterocycles. The molecule has 1 aromatic carbocycles. The third kappa shape index (κ3) is 2.83. The summed E-state index contributed by atoms with van der Waals surface area (Å²) in [6.07, 6.45) is 4.57. The van der Waals surface area contributed by atoms with E-state index < -0.39 is 0 Å². The SMILES string of the molecule is CC1CCCC(CO)(NCc2nc3ccccc3n2C)C1. The summed E-state index contributed by atoms with van der Waals surface area (Å²) in [4.78, 5) is 4.70. The first-order valence-electron chi connectivity index (χ1n) is 7.90. The number of benzene rings is 1. The second-order valence-electron chi connectivity index (χ2n) is 6.57. The van der Waals surface area contributed by atoms with E-state index >= 15 is 0 Å². The third-order valence-corrected chi connectivity index (χ3v) is 4.90. The quantitative estimate of drug-likeness (QED) is 0.909. The van der Waals surface area contributed by atoms with Gasteiger partial charge in [0, 0.05) is 12.6 Å². The molecular weight excluding hydrogens is 262 g/mol. The van der Waals surface area contributed by atoms with E-state index in [4.69, 9.17) is 4.98 Å². The van der Waals surface area contributed by atoms with Crippen LogP contribution in [-0.2, 0) is 13.6 Å². The molecule has 0 spiro atoms. The van der Waals surface area contributed by atoms with Gasteiger partial charge in [-0.3, -0.25) is 0 Å². The largest absolute Gasteiger partial charge is 0.394 e. The van der Waals surface area contributed by atoms with Crippen molar-refractivity contribution in [2.24, 2.45) is 13.0 Å². The maximum atomic E-state index is 9.86. The molecule has 0 aliphatic heterocycles. The van der Waals surface area contributed by atoms with Crippen molar-refractivity contribution in [2.45, 2.75) is 44.7 Å². The van der Waals surface area contributed by atoms with E-state index in [0.29, 0.717) is 12.5 Å². The molecule has 1 aliphatic carbocycles. The number of nitrogens with one attached hydrogen (secondary N) is 1. The summed E-state index contributed by atoms with van der Waals surface area (Å²) in [5, 5.41) is 13.5. The lowest BCUT2D eigenvalue weighted by atomic mass is 9.77. The Morgan fingerprint density at radius 2 is 2.24 bits per heavy atom. The van der Waals surface area contributed by atoms with Crippen LogP contribution in [0.25, 0.3) is 11.0 Å². The Balaban J connectivity index is 1.77. The van der Waals surface area contributed by atoms with Crippen molar-refractivity contribution in [3.05, 3.63) is 30.1 Å². The fourth-order valence-corrected chi connectivity index (χ4v) is 3.64. The minimum atomic E-state index is -0.129. The van der Waals surface area contributed by atoms with E-state index in [0.717, 1.165) is 29.7 Å². The molecule has 4 nitrogen and oxygen atoms in total. The first kappa shape index (κ1) is 14.5. The van der Waals surface area contributed by atoms with Crippen LogP contribution in [0, 0.1) is 5.92 Å². The summed E-state index contributed by atoms with van der Waals surface area (Å²) in [5.41, 5.74) is 2.06. The van der Waals surface area contributed by atoms with E-state index in [-0.39, 0.29) is 12.1 Å². The lowest BCUT2D eigenvalue weighted by molar-refractivity contribution is 0.0974. The molecule has 114 valence electrons. The number of aryl methyl sites for hydroxylation is 1. The van der Waals surface area contributed by atoms with Crippen molar-refractivity contribution in [2.75, 3.05) is 6.61 Å². The van der Waals surface area contributed by atoms with Crippen LogP contribution in [0.1, 0.15) is 38.4 Å². The number of aliphatic hydroxyl groups is 1. The monoisotopic (exact) mass is 287 g/mol. The van der Waals surface area contributed by atoms with Gasteiger partial charge in [-0.25, -0.2) is 4.98 Å². The van der Waals surface area contributed by atoms with Gasteiger partial charge in [0.25, 0.3) is 0 Å². The lowest BCUT2D eigenvalue weighted by Gasteiger charge is -2.39. The highest BCUT2D eigenvalue weighted by Crippen LogP contribution is 2.32. The summed E-state index contributed by atoms with van der Waals surface area (Å²) in [6, 6.07) is 8.20. The van der Waals surface area contributed by atoms with Crippen LogP contribution in [0.2, 0.25) is 0 Å². The molecule has 0 saturated heterocycles. The van der Waals surface area contributed by atoms with Crippen LogP contribution >= 0.6 is 0 Å². The summed E-state index contributed by atoms with van der Waals surface area (Å²) in [6.45, 7) is 3.19. The molecule has 1 saturated carbocycles. The topological polar surface area (TPSA) is 50.1 Å². The molecular formula is C17H25N3O. The number of aliphatic hydroxyl groups excluding tert-OH is 1.